The van der Waals surface area contributed by atoms with Gasteiger partial charge in [-0.2, -0.15) is 13.2 Å². The van der Waals surface area contributed by atoms with Gasteiger partial charge in [-0.05, 0) is 24.5 Å². The first kappa shape index (κ1) is 18.4. The third-order valence-electron chi connectivity index (χ3n) is 3.64. The van der Waals surface area contributed by atoms with Crippen LogP contribution in [0.5, 0.6) is 0 Å². The summed E-state index contributed by atoms with van der Waals surface area (Å²) in [6.45, 7) is 4.11. The van der Waals surface area contributed by atoms with E-state index in [2.05, 4.69) is 29.4 Å². The van der Waals surface area contributed by atoms with E-state index in [0.29, 0.717) is 16.6 Å². The highest BCUT2D eigenvalue weighted by molar-refractivity contribution is 7.15. The lowest BCUT2D eigenvalue weighted by atomic mass is 10.1. The molecule has 1 aromatic carbocycles. The van der Waals surface area contributed by atoms with E-state index in [4.69, 9.17) is 0 Å². The van der Waals surface area contributed by atoms with Crippen LogP contribution >= 0.6 is 11.3 Å². The number of anilines is 1. The zero-order chi connectivity index (χ0) is 17.7. The van der Waals surface area contributed by atoms with Gasteiger partial charge in [0.05, 0.1) is 12.0 Å². The number of aromatic nitrogens is 2. The number of hydrogen-bond donors (Lipinski definition) is 1. The Hall–Kier alpha value is -1.96. The molecular weight excluding hydrogens is 339 g/mol. The molecule has 0 radical (unpaired) electrons. The number of carbonyl (C=O) groups is 1. The third-order valence-corrected chi connectivity index (χ3v) is 4.64. The summed E-state index contributed by atoms with van der Waals surface area (Å²) in [4.78, 5) is 12.0. The second-order valence-corrected chi connectivity index (χ2v) is 6.39. The van der Waals surface area contributed by atoms with Crippen LogP contribution in [0.4, 0.5) is 18.3 Å². The van der Waals surface area contributed by atoms with E-state index in [1.165, 1.54) is 23.5 Å². The van der Waals surface area contributed by atoms with E-state index >= 15 is 0 Å². The first-order valence-electron chi connectivity index (χ1n) is 7.62. The van der Waals surface area contributed by atoms with Crippen molar-refractivity contribution >= 4 is 22.4 Å². The predicted octanol–water partition coefficient (Wildman–Crippen LogP) is 4.64. The Morgan fingerprint density at radius 1 is 1.25 bits per heavy atom. The minimum atomic E-state index is -4.42. The Morgan fingerprint density at radius 2 is 1.96 bits per heavy atom. The number of alkyl halides is 3. The molecular formula is C16H18F3N3OS. The lowest BCUT2D eigenvalue weighted by Gasteiger charge is -2.08. The van der Waals surface area contributed by atoms with Gasteiger partial charge < -0.3 is 5.32 Å². The number of carbonyl (C=O) groups excluding carboxylic acids is 1. The molecule has 1 aromatic heterocycles. The molecule has 0 aliphatic rings. The summed E-state index contributed by atoms with van der Waals surface area (Å²) in [5.41, 5.74) is -0.466. The number of amides is 1. The van der Waals surface area contributed by atoms with Gasteiger partial charge in [0.2, 0.25) is 11.0 Å². The number of benzene rings is 1. The molecule has 0 atom stereocenters. The van der Waals surface area contributed by atoms with Gasteiger partial charge in [-0.1, -0.05) is 43.4 Å². The maximum absolute atomic E-state index is 12.7. The van der Waals surface area contributed by atoms with Gasteiger partial charge in [0, 0.05) is 5.92 Å². The molecule has 2 rings (SSSR count). The SMILES string of the molecule is CCC(CC)c1nnc(NC(=O)Cc2cccc(C(F)(F)F)c2)s1. The molecule has 0 aliphatic heterocycles. The van der Waals surface area contributed by atoms with Gasteiger partial charge in [-0.15, -0.1) is 10.2 Å². The molecule has 0 spiro atoms. The molecule has 24 heavy (non-hydrogen) atoms. The van der Waals surface area contributed by atoms with Gasteiger partial charge in [0.1, 0.15) is 5.01 Å². The van der Waals surface area contributed by atoms with Crippen molar-refractivity contribution in [2.45, 2.75) is 45.2 Å². The predicted molar refractivity (Wildman–Crippen MR) is 87.0 cm³/mol. The summed E-state index contributed by atoms with van der Waals surface area (Å²) in [6.07, 6.45) is -2.70. The lowest BCUT2D eigenvalue weighted by Crippen LogP contribution is -2.15. The molecule has 8 heteroatoms. The van der Waals surface area contributed by atoms with Crippen LogP contribution in [-0.4, -0.2) is 16.1 Å². The average Bonchev–Trinajstić information content (AvgIpc) is 2.96. The molecule has 130 valence electrons. The minimum Gasteiger partial charge on any atom is -0.300 e. The maximum Gasteiger partial charge on any atom is 0.416 e. The molecule has 0 fully saturated rings. The van der Waals surface area contributed by atoms with Crippen molar-refractivity contribution < 1.29 is 18.0 Å². The first-order chi connectivity index (χ1) is 11.3. The number of nitrogens with zero attached hydrogens (tertiary/aromatic N) is 2. The molecule has 1 heterocycles. The zero-order valence-electron chi connectivity index (χ0n) is 13.4. The minimum absolute atomic E-state index is 0.149. The lowest BCUT2D eigenvalue weighted by molar-refractivity contribution is -0.137. The Bertz CT molecular complexity index is 696. The highest BCUT2D eigenvalue weighted by Gasteiger charge is 2.30. The van der Waals surface area contributed by atoms with Crippen LogP contribution in [0.1, 0.15) is 48.7 Å². The first-order valence-corrected chi connectivity index (χ1v) is 8.44. The van der Waals surface area contributed by atoms with E-state index < -0.39 is 17.6 Å². The molecule has 0 bridgehead atoms. The molecule has 1 N–H and O–H groups in total. The van der Waals surface area contributed by atoms with Gasteiger partial charge >= 0.3 is 6.18 Å². The van der Waals surface area contributed by atoms with E-state index in [1.807, 2.05) is 0 Å². The van der Waals surface area contributed by atoms with Crippen LogP contribution in [-0.2, 0) is 17.4 Å². The van der Waals surface area contributed by atoms with Gasteiger partial charge in [-0.25, -0.2) is 0 Å². The summed E-state index contributed by atoms with van der Waals surface area (Å²) in [7, 11) is 0. The molecule has 0 aliphatic carbocycles. The quantitative estimate of drug-likeness (QED) is 0.819. The number of hydrogen-bond acceptors (Lipinski definition) is 4. The van der Waals surface area contributed by atoms with Crippen LogP contribution in [0.2, 0.25) is 0 Å². The van der Waals surface area contributed by atoms with E-state index in [-0.39, 0.29) is 6.42 Å². The standard InChI is InChI=1S/C16H18F3N3OS/c1-3-11(4-2)14-21-22-15(24-14)20-13(23)9-10-6-5-7-12(8-10)16(17,18)19/h5-8,11H,3-4,9H2,1-2H3,(H,20,22,23). The van der Waals surface area contributed by atoms with Crippen LogP contribution in [0.3, 0.4) is 0 Å². The van der Waals surface area contributed by atoms with E-state index in [1.54, 1.807) is 0 Å². The van der Waals surface area contributed by atoms with Crippen molar-refractivity contribution in [1.82, 2.24) is 10.2 Å². The molecule has 0 unspecified atom stereocenters. The third kappa shape index (κ3) is 4.77. The van der Waals surface area contributed by atoms with Crippen LogP contribution in [0, 0.1) is 0 Å². The van der Waals surface area contributed by atoms with Gasteiger partial charge in [0.15, 0.2) is 0 Å². The van der Waals surface area contributed by atoms with Crippen LogP contribution in [0.15, 0.2) is 24.3 Å². The Kier molecular flexibility index (Phi) is 5.93. The molecule has 4 nitrogen and oxygen atoms in total. The van der Waals surface area contributed by atoms with Crippen LogP contribution < -0.4 is 5.32 Å². The summed E-state index contributed by atoms with van der Waals surface area (Å²) in [5, 5.41) is 11.8. The van der Waals surface area contributed by atoms with Crippen LogP contribution in [0.25, 0.3) is 0 Å². The maximum atomic E-state index is 12.7. The number of rotatable bonds is 6. The second-order valence-electron chi connectivity index (χ2n) is 5.38. The zero-order valence-corrected chi connectivity index (χ0v) is 14.2. The van der Waals surface area contributed by atoms with Gasteiger partial charge in [0.25, 0.3) is 0 Å². The van der Waals surface area contributed by atoms with Crippen molar-refractivity contribution in [3.8, 4) is 0 Å². The Morgan fingerprint density at radius 3 is 2.58 bits per heavy atom. The molecule has 1 amide bonds. The largest absolute Gasteiger partial charge is 0.416 e. The summed E-state index contributed by atoms with van der Waals surface area (Å²) in [5.74, 6) is -0.113. The Labute approximate surface area is 142 Å². The normalized spacial score (nSPS) is 11.8. The van der Waals surface area contributed by atoms with Crippen molar-refractivity contribution in [3.63, 3.8) is 0 Å². The molecule has 0 saturated heterocycles. The number of nitrogens with one attached hydrogen (secondary N) is 1. The molecule has 0 saturated carbocycles. The summed E-state index contributed by atoms with van der Waals surface area (Å²) >= 11 is 1.30. The fourth-order valence-corrected chi connectivity index (χ4v) is 3.32. The fraction of sp³-hybridized carbons (Fsp3) is 0.438. The van der Waals surface area contributed by atoms with Crippen molar-refractivity contribution in [1.29, 1.82) is 0 Å². The highest BCUT2D eigenvalue weighted by Crippen LogP contribution is 2.30. The summed E-state index contributed by atoms with van der Waals surface area (Å²) in [6, 6.07) is 4.75. The smallest absolute Gasteiger partial charge is 0.300 e. The van der Waals surface area contributed by atoms with E-state index in [9.17, 15) is 18.0 Å². The van der Waals surface area contributed by atoms with Gasteiger partial charge in [-0.3, -0.25) is 4.79 Å². The average molecular weight is 357 g/mol. The second kappa shape index (κ2) is 7.74. The fourth-order valence-electron chi connectivity index (χ4n) is 2.29. The molecule has 2 aromatic rings. The van der Waals surface area contributed by atoms with Crippen molar-refractivity contribution in [2.75, 3.05) is 5.32 Å². The summed E-state index contributed by atoms with van der Waals surface area (Å²) < 4.78 is 38.0. The van der Waals surface area contributed by atoms with Crippen molar-refractivity contribution in [3.05, 3.63) is 40.4 Å². The van der Waals surface area contributed by atoms with E-state index in [0.717, 1.165) is 30.0 Å². The Balaban J connectivity index is 2.01. The number of halogens is 3. The highest BCUT2D eigenvalue weighted by atomic mass is 32.1. The monoisotopic (exact) mass is 357 g/mol. The van der Waals surface area contributed by atoms with Crippen molar-refractivity contribution in [2.24, 2.45) is 0 Å². The topological polar surface area (TPSA) is 54.9 Å².